The van der Waals surface area contributed by atoms with Gasteiger partial charge in [0.2, 0.25) is 0 Å². The van der Waals surface area contributed by atoms with Crippen molar-refractivity contribution in [3.05, 3.63) is 35.5 Å². The predicted octanol–water partition coefficient (Wildman–Crippen LogP) is 2.89. The Kier molecular flexibility index (Phi) is 2.02. The van der Waals surface area contributed by atoms with Crippen LogP contribution in [0.2, 0.25) is 0 Å². The molecular weight excluding hydrogens is 246 g/mol. The molecule has 1 aromatic carbocycles. The van der Waals surface area contributed by atoms with E-state index in [2.05, 4.69) is 23.6 Å². The second-order valence-electron chi connectivity index (χ2n) is 6.09. The number of fused-ring (bicyclic) bond motifs is 1. The Morgan fingerprint density at radius 2 is 2.05 bits per heavy atom. The van der Waals surface area contributed by atoms with E-state index < -0.39 is 11.6 Å². The first-order chi connectivity index (χ1) is 9.04. The van der Waals surface area contributed by atoms with Crippen LogP contribution in [-0.4, -0.2) is 29.6 Å². The molecule has 2 aliphatic rings. The largest absolute Gasteiger partial charge is 0.346 e. The van der Waals surface area contributed by atoms with Crippen LogP contribution in [0.25, 0.3) is 10.9 Å². The molecule has 2 heterocycles. The fraction of sp³-hybridized carbons (Fsp3) is 0.467. The first-order valence-corrected chi connectivity index (χ1v) is 6.68. The fourth-order valence-corrected chi connectivity index (χ4v) is 3.80. The molecular formula is C15H16F2N2. The molecule has 1 saturated carbocycles. The molecule has 4 rings (SSSR count). The average molecular weight is 262 g/mol. The number of hydrogen-bond donors (Lipinski definition) is 0. The van der Waals surface area contributed by atoms with Gasteiger partial charge in [0.1, 0.15) is 0 Å². The summed E-state index contributed by atoms with van der Waals surface area (Å²) in [6.45, 7) is 0.856. The molecule has 1 spiro atoms. The summed E-state index contributed by atoms with van der Waals surface area (Å²) in [6, 6.07) is 3.49. The second-order valence-corrected chi connectivity index (χ2v) is 6.09. The Morgan fingerprint density at radius 3 is 2.68 bits per heavy atom. The molecule has 0 amide bonds. The van der Waals surface area contributed by atoms with Crippen molar-refractivity contribution >= 4 is 10.9 Å². The van der Waals surface area contributed by atoms with Crippen molar-refractivity contribution in [3.8, 4) is 0 Å². The predicted molar refractivity (Wildman–Crippen MR) is 70.2 cm³/mol. The third kappa shape index (κ3) is 1.27. The molecule has 1 atom stereocenters. The molecule has 0 N–H and O–H groups in total. The van der Waals surface area contributed by atoms with E-state index in [1.165, 1.54) is 6.07 Å². The zero-order valence-corrected chi connectivity index (χ0v) is 11.1. The summed E-state index contributed by atoms with van der Waals surface area (Å²) in [5.74, 6) is -1.43. The number of benzene rings is 1. The fourth-order valence-electron chi connectivity index (χ4n) is 3.80. The summed E-state index contributed by atoms with van der Waals surface area (Å²) >= 11 is 0. The molecule has 0 saturated heterocycles. The van der Waals surface area contributed by atoms with E-state index in [0.717, 1.165) is 30.5 Å². The zero-order valence-electron chi connectivity index (χ0n) is 11.1. The Balaban J connectivity index is 2.05. The number of aromatic nitrogens is 1. The molecule has 1 aromatic heterocycles. The van der Waals surface area contributed by atoms with Crippen molar-refractivity contribution in [2.75, 3.05) is 14.1 Å². The Labute approximate surface area is 110 Å². The molecule has 0 radical (unpaired) electrons. The Morgan fingerprint density at radius 1 is 1.32 bits per heavy atom. The lowest BCUT2D eigenvalue weighted by atomic mass is 9.83. The van der Waals surface area contributed by atoms with Gasteiger partial charge in [-0.05, 0) is 44.6 Å². The average Bonchev–Trinajstić information content (AvgIpc) is 3.02. The lowest BCUT2D eigenvalue weighted by Crippen LogP contribution is -2.45. The molecule has 2 aromatic rings. The maximum atomic E-state index is 13.9. The second kappa shape index (κ2) is 3.37. The van der Waals surface area contributed by atoms with E-state index in [4.69, 9.17) is 0 Å². The van der Waals surface area contributed by atoms with Gasteiger partial charge < -0.3 is 9.47 Å². The summed E-state index contributed by atoms with van der Waals surface area (Å²) in [6.07, 6.45) is 4.02. The van der Waals surface area contributed by atoms with Crippen LogP contribution in [0.5, 0.6) is 0 Å². The third-order valence-electron chi connectivity index (χ3n) is 4.89. The van der Waals surface area contributed by atoms with Crippen molar-refractivity contribution in [1.29, 1.82) is 0 Å². The van der Waals surface area contributed by atoms with Crippen molar-refractivity contribution in [2.24, 2.45) is 0 Å². The van der Waals surface area contributed by atoms with E-state index >= 15 is 0 Å². The lowest BCUT2D eigenvalue weighted by Gasteiger charge is -2.38. The molecule has 0 bridgehead atoms. The number of halogens is 2. The molecule has 0 unspecified atom stereocenters. The van der Waals surface area contributed by atoms with Gasteiger partial charge in [0.25, 0.3) is 0 Å². The van der Waals surface area contributed by atoms with Gasteiger partial charge in [-0.1, -0.05) is 0 Å². The standard InChI is InChI=1S/C15H16F2N2/c1-18(2)12-8-19-6-3-9-13(17)11(16)7-10(14(9)19)15(12)4-5-15/h3,6-7,12H,4-5,8H2,1-2H3/t12-/m1/s1. The molecule has 1 aliphatic carbocycles. The van der Waals surface area contributed by atoms with Crippen LogP contribution in [0, 0.1) is 11.6 Å². The van der Waals surface area contributed by atoms with Crippen LogP contribution in [0.4, 0.5) is 8.78 Å². The summed E-state index contributed by atoms with van der Waals surface area (Å²) < 4.78 is 29.8. The smallest absolute Gasteiger partial charge is 0.168 e. The number of hydrogen-bond acceptors (Lipinski definition) is 1. The van der Waals surface area contributed by atoms with Gasteiger partial charge in [-0.15, -0.1) is 0 Å². The highest BCUT2D eigenvalue weighted by Crippen LogP contribution is 2.56. The summed E-state index contributed by atoms with van der Waals surface area (Å²) in [4.78, 5) is 2.21. The lowest BCUT2D eigenvalue weighted by molar-refractivity contribution is 0.208. The van der Waals surface area contributed by atoms with Gasteiger partial charge in [0.05, 0.1) is 5.52 Å². The highest BCUT2D eigenvalue weighted by molar-refractivity contribution is 5.86. The maximum Gasteiger partial charge on any atom is 0.168 e. The highest BCUT2D eigenvalue weighted by atomic mass is 19.2. The van der Waals surface area contributed by atoms with Crippen LogP contribution in [0.1, 0.15) is 18.4 Å². The monoisotopic (exact) mass is 262 g/mol. The quantitative estimate of drug-likeness (QED) is 0.767. The van der Waals surface area contributed by atoms with Gasteiger partial charge in [0.15, 0.2) is 11.6 Å². The van der Waals surface area contributed by atoms with Crippen LogP contribution >= 0.6 is 0 Å². The highest BCUT2D eigenvalue weighted by Gasteiger charge is 2.55. The van der Waals surface area contributed by atoms with Gasteiger partial charge in [-0.2, -0.15) is 0 Å². The first kappa shape index (κ1) is 11.4. The number of likely N-dealkylation sites (N-methyl/N-ethyl adjacent to an activating group) is 1. The van der Waals surface area contributed by atoms with Crippen LogP contribution in [-0.2, 0) is 12.0 Å². The summed E-state index contributed by atoms with van der Waals surface area (Å²) in [7, 11) is 4.13. The summed E-state index contributed by atoms with van der Waals surface area (Å²) in [5.41, 5.74) is 1.93. The topological polar surface area (TPSA) is 8.17 Å². The minimum Gasteiger partial charge on any atom is -0.346 e. The van der Waals surface area contributed by atoms with Crippen molar-refractivity contribution < 1.29 is 8.78 Å². The van der Waals surface area contributed by atoms with Crippen molar-refractivity contribution in [2.45, 2.75) is 30.8 Å². The maximum absolute atomic E-state index is 13.9. The number of rotatable bonds is 1. The van der Waals surface area contributed by atoms with Crippen LogP contribution in [0.15, 0.2) is 18.3 Å². The molecule has 1 aliphatic heterocycles. The first-order valence-electron chi connectivity index (χ1n) is 6.68. The Bertz CT molecular complexity index is 683. The molecule has 2 nitrogen and oxygen atoms in total. The van der Waals surface area contributed by atoms with Crippen LogP contribution in [0.3, 0.4) is 0 Å². The number of nitrogens with zero attached hydrogens (tertiary/aromatic N) is 2. The summed E-state index contributed by atoms with van der Waals surface area (Å²) in [5, 5.41) is 0.429. The third-order valence-corrected chi connectivity index (χ3v) is 4.89. The minimum atomic E-state index is -0.717. The molecule has 100 valence electrons. The van der Waals surface area contributed by atoms with E-state index in [1.807, 2.05) is 6.20 Å². The van der Waals surface area contributed by atoms with Crippen LogP contribution < -0.4 is 0 Å². The van der Waals surface area contributed by atoms with Crippen molar-refractivity contribution in [1.82, 2.24) is 9.47 Å². The normalized spacial score (nSPS) is 23.5. The van der Waals surface area contributed by atoms with Gasteiger partial charge >= 0.3 is 0 Å². The van der Waals surface area contributed by atoms with E-state index in [9.17, 15) is 8.78 Å². The van der Waals surface area contributed by atoms with E-state index in [0.29, 0.717) is 11.4 Å². The Hall–Kier alpha value is -1.42. The van der Waals surface area contributed by atoms with Crippen molar-refractivity contribution in [3.63, 3.8) is 0 Å². The molecule has 19 heavy (non-hydrogen) atoms. The zero-order chi connectivity index (χ0) is 13.4. The van der Waals surface area contributed by atoms with Gasteiger partial charge in [0, 0.05) is 29.6 Å². The van der Waals surface area contributed by atoms with Gasteiger partial charge in [-0.25, -0.2) is 8.78 Å². The molecule has 1 fully saturated rings. The minimum absolute atomic E-state index is 0.0324. The molecule has 4 heteroatoms. The van der Waals surface area contributed by atoms with Gasteiger partial charge in [-0.3, -0.25) is 0 Å². The van der Waals surface area contributed by atoms with E-state index in [-0.39, 0.29) is 5.41 Å². The van der Waals surface area contributed by atoms with E-state index in [1.54, 1.807) is 6.07 Å². The SMILES string of the molecule is CN(C)[C@@H]1Cn2ccc3c(F)c(F)cc(c32)C12CC2.